The summed E-state index contributed by atoms with van der Waals surface area (Å²) in [7, 11) is 0. The molecule has 1 aromatic carbocycles. The number of hydrogen-bond donors (Lipinski definition) is 0. The molecule has 0 saturated carbocycles. The molecule has 0 radical (unpaired) electrons. The summed E-state index contributed by atoms with van der Waals surface area (Å²) in [5.41, 5.74) is 0.664. The maximum absolute atomic E-state index is 13.1. The number of hydrogen-bond acceptors (Lipinski definition) is 7. The topological polar surface area (TPSA) is 111 Å². The lowest BCUT2D eigenvalue weighted by Crippen LogP contribution is -2.44. The highest BCUT2D eigenvalue weighted by Crippen LogP contribution is 2.34. The largest absolute Gasteiger partial charge is 0.457 e. The summed E-state index contributed by atoms with van der Waals surface area (Å²) in [4.78, 5) is 63.7. The summed E-state index contributed by atoms with van der Waals surface area (Å²) in [6.45, 7) is 1.28. The minimum Gasteiger partial charge on any atom is -0.457 e. The van der Waals surface area contributed by atoms with Crippen molar-refractivity contribution in [1.29, 1.82) is 0 Å². The third kappa shape index (κ3) is 3.72. The molecular weight excluding hydrogens is 402 g/mol. The molecule has 8 nitrogen and oxygen atoms in total. The molecule has 0 fully saturated rings. The van der Waals surface area contributed by atoms with Crippen LogP contribution in [-0.4, -0.2) is 40.3 Å². The fraction of sp³-hybridized carbons (Fsp3) is 0.261. The van der Waals surface area contributed by atoms with E-state index < -0.39 is 29.6 Å². The van der Waals surface area contributed by atoms with E-state index in [-0.39, 0.29) is 41.3 Å². The first-order valence-electron chi connectivity index (χ1n) is 9.87. The van der Waals surface area contributed by atoms with E-state index in [1.54, 1.807) is 0 Å². The molecule has 1 aliphatic carbocycles. The number of fused-ring (bicyclic) bond motifs is 1. The molecule has 31 heavy (non-hydrogen) atoms. The van der Waals surface area contributed by atoms with Crippen LogP contribution in [0.5, 0.6) is 5.75 Å². The van der Waals surface area contributed by atoms with Gasteiger partial charge in [0, 0.05) is 6.42 Å². The van der Waals surface area contributed by atoms with Crippen molar-refractivity contribution in [3.05, 3.63) is 65.1 Å². The highest BCUT2D eigenvalue weighted by molar-refractivity contribution is 6.24. The molecular formula is C23H19NO7. The van der Waals surface area contributed by atoms with E-state index in [1.165, 1.54) is 43.5 Å². The van der Waals surface area contributed by atoms with Gasteiger partial charge < -0.3 is 9.15 Å². The number of Topliss-reactive ketones (excluding diaryl/α,β-unsaturated/α-hetero) is 2. The smallest absolute Gasteiger partial charge is 0.379 e. The minimum absolute atomic E-state index is 0.0361. The number of ether oxygens (including phenoxy) is 1. The summed E-state index contributed by atoms with van der Waals surface area (Å²) >= 11 is 0. The maximum Gasteiger partial charge on any atom is 0.379 e. The molecule has 0 N–H and O–H groups in total. The number of allylic oxidation sites excluding steroid dienone is 2. The number of carbonyl (C=O) groups excluding carboxylic acids is 5. The molecule has 158 valence electrons. The molecule has 0 spiro atoms. The number of benzene rings is 1. The standard InChI is InChI=1S/C23H19NO7/c1-13(25)16(10-11-17(26)14-5-2-6-14)24-21(27)15-7-3-8-18(20(15)22(24)28)31-23(29)19-9-4-12-30-19/h3-5,7-9,12,16H,2,6,10-11H2,1H3. The van der Waals surface area contributed by atoms with Crippen molar-refractivity contribution in [1.82, 2.24) is 4.90 Å². The van der Waals surface area contributed by atoms with Crippen LogP contribution in [0.3, 0.4) is 0 Å². The number of amides is 2. The second-order valence-electron chi connectivity index (χ2n) is 7.38. The van der Waals surface area contributed by atoms with Gasteiger partial charge in [-0.3, -0.25) is 24.1 Å². The van der Waals surface area contributed by atoms with Gasteiger partial charge in [-0.25, -0.2) is 4.79 Å². The molecule has 2 heterocycles. The SMILES string of the molecule is CC(=O)C(CCC(=O)C1=CCC1)N1C(=O)c2cccc(OC(=O)c3ccco3)c2C1=O. The first kappa shape index (κ1) is 20.5. The zero-order chi connectivity index (χ0) is 22.1. The third-order valence-corrected chi connectivity index (χ3v) is 5.42. The van der Waals surface area contributed by atoms with Crippen LogP contribution in [-0.2, 0) is 9.59 Å². The van der Waals surface area contributed by atoms with Gasteiger partial charge in [-0.15, -0.1) is 0 Å². The average Bonchev–Trinajstić information content (AvgIpc) is 3.30. The molecule has 1 atom stereocenters. The van der Waals surface area contributed by atoms with Crippen LogP contribution < -0.4 is 4.74 Å². The molecule has 0 bridgehead atoms. The quantitative estimate of drug-likeness (QED) is 0.366. The number of esters is 1. The number of furan rings is 1. The second-order valence-corrected chi connectivity index (χ2v) is 7.38. The number of nitrogens with zero attached hydrogens (tertiary/aromatic N) is 1. The van der Waals surface area contributed by atoms with Crippen LogP contribution in [0.1, 0.15) is 63.9 Å². The molecule has 4 rings (SSSR count). The van der Waals surface area contributed by atoms with Crippen LogP contribution in [0.15, 0.2) is 52.7 Å². The predicted octanol–water partition coefficient (Wildman–Crippen LogP) is 3.12. The van der Waals surface area contributed by atoms with Crippen molar-refractivity contribution < 1.29 is 33.1 Å². The van der Waals surface area contributed by atoms with Crippen LogP contribution >= 0.6 is 0 Å². The second kappa shape index (κ2) is 8.14. The molecule has 1 unspecified atom stereocenters. The van der Waals surface area contributed by atoms with Gasteiger partial charge in [0.05, 0.1) is 23.4 Å². The molecule has 1 aliphatic heterocycles. The first-order valence-corrected chi connectivity index (χ1v) is 9.87. The van der Waals surface area contributed by atoms with E-state index in [0.717, 1.165) is 16.9 Å². The van der Waals surface area contributed by atoms with E-state index >= 15 is 0 Å². The zero-order valence-electron chi connectivity index (χ0n) is 16.8. The Kier molecular flexibility index (Phi) is 5.37. The normalized spacial score (nSPS) is 15.8. The van der Waals surface area contributed by atoms with Crippen molar-refractivity contribution >= 4 is 29.4 Å². The van der Waals surface area contributed by atoms with Crippen molar-refractivity contribution in [3.8, 4) is 5.75 Å². The Hall–Kier alpha value is -3.81. The molecule has 8 heteroatoms. The average molecular weight is 421 g/mol. The van der Waals surface area contributed by atoms with Gasteiger partial charge in [-0.1, -0.05) is 12.1 Å². The van der Waals surface area contributed by atoms with Crippen molar-refractivity contribution in [2.45, 2.75) is 38.6 Å². The van der Waals surface area contributed by atoms with E-state index in [9.17, 15) is 24.0 Å². The van der Waals surface area contributed by atoms with Gasteiger partial charge in [0.25, 0.3) is 11.8 Å². The summed E-state index contributed by atoms with van der Waals surface area (Å²) in [6.07, 6.45) is 4.81. The van der Waals surface area contributed by atoms with E-state index in [0.29, 0.717) is 6.42 Å². The molecule has 2 aliphatic rings. The van der Waals surface area contributed by atoms with E-state index in [1.807, 2.05) is 6.08 Å². The number of imide groups is 1. The van der Waals surface area contributed by atoms with Crippen LogP contribution in [0.2, 0.25) is 0 Å². The lowest BCUT2D eigenvalue weighted by molar-refractivity contribution is -0.121. The van der Waals surface area contributed by atoms with Gasteiger partial charge in [0.15, 0.2) is 11.6 Å². The molecule has 2 amide bonds. The van der Waals surface area contributed by atoms with Crippen molar-refractivity contribution in [2.24, 2.45) is 0 Å². The highest BCUT2D eigenvalue weighted by Gasteiger charge is 2.44. The fourth-order valence-electron chi connectivity index (χ4n) is 3.67. The Morgan fingerprint density at radius 1 is 1.13 bits per heavy atom. The Labute approximate surface area is 177 Å². The monoisotopic (exact) mass is 421 g/mol. The predicted molar refractivity (Wildman–Crippen MR) is 107 cm³/mol. The first-order chi connectivity index (χ1) is 14.9. The Morgan fingerprint density at radius 3 is 2.52 bits per heavy atom. The summed E-state index contributed by atoms with van der Waals surface area (Å²) in [6, 6.07) is 6.15. The minimum atomic E-state index is -1.08. The Bertz CT molecular complexity index is 1130. The van der Waals surface area contributed by atoms with Crippen LogP contribution in [0, 0.1) is 0 Å². The number of ketones is 2. The summed E-state index contributed by atoms with van der Waals surface area (Å²) in [5, 5.41) is 0. The van der Waals surface area contributed by atoms with Gasteiger partial charge >= 0.3 is 5.97 Å². The van der Waals surface area contributed by atoms with Crippen LogP contribution in [0.4, 0.5) is 0 Å². The molecule has 0 saturated heterocycles. The third-order valence-electron chi connectivity index (χ3n) is 5.42. The van der Waals surface area contributed by atoms with Crippen LogP contribution in [0.25, 0.3) is 0 Å². The summed E-state index contributed by atoms with van der Waals surface area (Å²) < 4.78 is 10.3. The van der Waals surface area contributed by atoms with Gasteiger partial charge in [-0.05, 0) is 56.0 Å². The highest BCUT2D eigenvalue weighted by atomic mass is 16.5. The van der Waals surface area contributed by atoms with Gasteiger partial charge in [0.2, 0.25) is 5.76 Å². The lowest BCUT2D eigenvalue weighted by Gasteiger charge is -2.24. The fourth-order valence-corrected chi connectivity index (χ4v) is 3.67. The van der Waals surface area contributed by atoms with Gasteiger partial charge in [0.1, 0.15) is 5.75 Å². The number of carbonyl (C=O) groups is 5. The zero-order valence-corrected chi connectivity index (χ0v) is 16.8. The Morgan fingerprint density at radius 2 is 1.90 bits per heavy atom. The molecule has 2 aromatic rings. The van der Waals surface area contributed by atoms with Crippen molar-refractivity contribution in [3.63, 3.8) is 0 Å². The maximum atomic E-state index is 13.1. The van der Waals surface area contributed by atoms with E-state index in [4.69, 9.17) is 9.15 Å². The Balaban J connectivity index is 1.58. The van der Waals surface area contributed by atoms with E-state index in [2.05, 4.69) is 0 Å². The number of rotatable bonds is 8. The lowest BCUT2D eigenvalue weighted by atomic mass is 9.91. The molecule has 1 aromatic heterocycles. The van der Waals surface area contributed by atoms with Crippen molar-refractivity contribution in [2.75, 3.05) is 0 Å². The summed E-state index contributed by atoms with van der Waals surface area (Å²) in [5.74, 6) is -2.86. The van der Waals surface area contributed by atoms with Gasteiger partial charge in [-0.2, -0.15) is 0 Å².